The van der Waals surface area contributed by atoms with Crippen molar-refractivity contribution in [3.8, 4) is 0 Å². The molecule has 1 aromatic heterocycles. The Hall–Kier alpha value is -2.14. The van der Waals surface area contributed by atoms with Crippen LogP contribution in [0.25, 0.3) is 10.9 Å². The fourth-order valence-electron chi connectivity index (χ4n) is 2.79. The van der Waals surface area contributed by atoms with Crippen LogP contribution in [-0.2, 0) is 0 Å². The zero-order chi connectivity index (χ0) is 15.0. The third kappa shape index (κ3) is 2.56. The van der Waals surface area contributed by atoms with Crippen LogP contribution in [0.5, 0.6) is 0 Å². The van der Waals surface area contributed by atoms with Crippen molar-refractivity contribution in [2.45, 2.75) is 19.4 Å². The zero-order valence-electron chi connectivity index (χ0n) is 12.0. The molecule has 1 fully saturated rings. The molecule has 1 aromatic carbocycles. The number of anilines is 1. The fourth-order valence-corrected chi connectivity index (χ4v) is 2.79. The van der Waals surface area contributed by atoms with E-state index in [9.17, 15) is 9.90 Å². The first kappa shape index (κ1) is 13.8. The minimum absolute atomic E-state index is 0.0838. The van der Waals surface area contributed by atoms with Crippen LogP contribution in [0.4, 0.5) is 5.69 Å². The minimum Gasteiger partial charge on any atom is -0.398 e. The summed E-state index contributed by atoms with van der Waals surface area (Å²) in [6, 6.07) is 9.16. The molecule has 2 heterocycles. The number of pyridine rings is 1. The number of carbonyl (C=O) groups is 1. The molecule has 2 unspecified atom stereocenters. The Balaban J connectivity index is 1.91. The number of fused-ring (bicyclic) bond motifs is 1. The number of hydrogen-bond donors (Lipinski definition) is 2. The predicted octanol–water partition coefficient (Wildman–Crippen LogP) is 1.66. The average molecular weight is 285 g/mol. The Morgan fingerprint density at radius 2 is 2.19 bits per heavy atom. The largest absolute Gasteiger partial charge is 0.398 e. The molecule has 21 heavy (non-hydrogen) atoms. The summed E-state index contributed by atoms with van der Waals surface area (Å²) < 4.78 is 0. The summed E-state index contributed by atoms with van der Waals surface area (Å²) in [6.07, 6.45) is 0.277. The van der Waals surface area contributed by atoms with Gasteiger partial charge in [-0.3, -0.25) is 4.79 Å². The molecule has 1 saturated heterocycles. The summed E-state index contributed by atoms with van der Waals surface area (Å²) in [4.78, 5) is 18.7. The van der Waals surface area contributed by atoms with Crippen LogP contribution in [-0.4, -0.2) is 40.1 Å². The van der Waals surface area contributed by atoms with Crippen molar-refractivity contribution in [3.63, 3.8) is 0 Å². The molecule has 0 radical (unpaired) electrons. The monoisotopic (exact) mass is 285 g/mol. The molecule has 0 saturated carbocycles. The molecule has 1 amide bonds. The molecule has 0 spiro atoms. The van der Waals surface area contributed by atoms with Crippen LogP contribution >= 0.6 is 0 Å². The van der Waals surface area contributed by atoms with E-state index < -0.39 is 0 Å². The summed E-state index contributed by atoms with van der Waals surface area (Å²) >= 11 is 0. The van der Waals surface area contributed by atoms with E-state index in [1.54, 1.807) is 11.0 Å². The Kier molecular flexibility index (Phi) is 3.51. The Bertz CT molecular complexity index is 686. The standard InChI is InChI=1S/C16H19N3O2/c1-10-9-19(7-6-15(10)20)16(21)14-8-12(17)11-4-2-3-5-13(11)18-14/h2-5,8,10,15,20H,6-7,9H2,1H3,(H2,17,18). The van der Waals surface area contributed by atoms with E-state index in [1.807, 2.05) is 31.2 Å². The Morgan fingerprint density at radius 1 is 1.43 bits per heavy atom. The number of nitrogens with two attached hydrogens (primary N) is 1. The van der Waals surface area contributed by atoms with Gasteiger partial charge in [-0.15, -0.1) is 0 Å². The number of aromatic nitrogens is 1. The second-order valence-corrected chi connectivity index (χ2v) is 5.70. The van der Waals surface area contributed by atoms with Crippen molar-refractivity contribution in [2.24, 2.45) is 5.92 Å². The lowest BCUT2D eigenvalue weighted by atomic mass is 9.96. The maximum atomic E-state index is 12.6. The maximum Gasteiger partial charge on any atom is 0.272 e. The minimum atomic E-state index is -0.330. The first-order valence-electron chi connectivity index (χ1n) is 7.19. The normalized spacial score (nSPS) is 22.5. The second kappa shape index (κ2) is 5.33. The van der Waals surface area contributed by atoms with Crippen molar-refractivity contribution in [3.05, 3.63) is 36.0 Å². The third-order valence-electron chi connectivity index (χ3n) is 4.11. The van der Waals surface area contributed by atoms with Gasteiger partial charge in [0.05, 0.1) is 11.6 Å². The van der Waals surface area contributed by atoms with Gasteiger partial charge in [-0.25, -0.2) is 4.98 Å². The molecular weight excluding hydrogens is 266 g/mol. The van der Waals surface area contributed by atoms with Gasteiger partial charge in [0, 0.05) is 24.2 Å². The summed E-state index contributed by atoms with van der Waals surface area (Å²) in [5.74, 6) is -0.0355. The summed E-state index contributed by atoms with van der Waals surface area (Å²) in [5, 5.41) is 10.6. The number of hydrogen-bond acceptors (Lipinski definition) is 4. The number of nitrogens with zero attached hydrogens (tertiary/aromatic N) is 2. The number of carbonyl (C=O) groups excluding carboxylic acids is 1. The maximum absolute atomic E-state index is 12.6. The lowest BCUT2D eigenvalue weighted by Crippen LogP contribution is -2.45. The molecule has 0 aliphatic carbocycles. The van der Waals surface area contributed by atoms with Crippen molar-refractivity contribution in [1.29, 1.82) is 0 Å². The molecule has 1 aliphatic heterocycles. The van der Waals surface area contributed by atoms with E-state index in [2.05, 4.69) is 4.98 Å². The van der Waals surface area contributed by atoms with Gasteiger partial charge in [-0.1, -0.05) is 25.1 Å². The van der Waals surface area contributed by atoms with Crippen molar-refractivity contribution >= 4 is 22.5 Å². The smallest absolute Gasteiger partial charge is 0.272 e. The first-order valence-corrected chi connectivity index (χ1v) is 7.19. The topological polar surface area (TPSA) is 79.5 Å². The number of para-hydroxylation sites is 1. The molecule has 2 aromatic rings. The number of likely N-dealkylation sites (tertiary alicyclic amines) is 1. The van der Waals surface area contributed by atoms with Gasteiger partial charge in [0.25, 0.3) is 5.91 Å². The number of piperidine rings is 1. The van der Waals surface area contributed by atoms with E-state index in [0.717, 1.165) is 10.9 Å². The van der Waals surface area contributed by atoms with E-state index in [0.29, 0.717) is 30.9 Å². The van der Waals surface area contributed by atoms with E-state index in [-0.39, 0.29) is 17.9 Å². The highest BCUT2D eigenvalue weighted by Crippen LogP contribution is 2.23. The number of aliphatic hydroxyl groups is 1. The van der Waals surface area contributed by atoms with Crippen LogP contribution in [0.15, 0.2) is 30.3 Å². The highest BCUT2D eigenvalue weighted by atomic mass is 16.3. The zero-order valence-corrected chi connectivity index (χ0v) is 12.0. The van der Waals surface area contributed by atoms with Crippen LogP contribution in [0.3, 0.4) is 0 Å². The van der Waals surface area contributed by atoms with Gasteiger partial charge in [0.15, 0.2) is 0 Å². The van der Waals surface area contributed by atoms with E-state index in [1.165, 1.54) is 0 Å². The highest BCUT2D eigenvalue weighted by Gasteiger charge is 2.28. The van der Waals surface area contributed by atoms with Gasteiger partial charge in [-0.2, -0.15) is 0 Å². The quantitative estimate of drug-likeness (QED) is 0.835. The van der Waals surface area contributed by atoms with Crippen LogP contribution in [0, 0.1) is 5.92 Å². The molecule has 2 atom stereocenters. The number of amides is 1. The highest BCUT2D eigenvalue weighted by molar-refractivity contribution is 5.99. The average Bonchev–Trinajstić information content (AvgIpc) is 2.49. The van der Waals surface area contributed by atoms with Gasteiger partial charge in [0.1, 0.15) is 5.69 Å². The molecule has 5 heteroatoms. The number of aliphatic hydroxyl groups excluding tert-OH is 1. The van der Waals surface area contributed by atoms with Gasteiger partial charge >= 0.3 is 0 Å². The lowest BCUT2D eigenvalue weighted by molar-refractivity contribution is 0.0294. The number of benzene rings is 1. The molecule has 1 aliphatic rings. The Morgan fingerprint density at radius 3 is 2.95 bits per heavy atom. The molecule has 110 valence electrons. The summed E-state index contributed by atoms with van der Waals surface area (Å²) in [5.41, 5.74) is 7.68. The van der Waals surface area contributed by atoms with Crippen molar-refractivity contribution in [1.82, 2.24) is 9.88 Å². The van der Waals surface area contributed by atoms with Crippen LogP contribution in [0.1, 0.15) is 23.8 Å². The molecule has 3 N–H and O–H groups in total. The molecule has 3 rings (SSSR count). The van der Waals surface area contributed by atoms with Crippen LogP contribution in [0.2, 0.25) is 0 Å². The summed E-state index contributed by atoms with van der Waals surface area (Å²) in [7, 11) is 0. The van der Waals surface area contributed by atoms with Gasteiger partial charge in [0.2, 0.25) is 0 Å². The van der Waals surface area contributed by atoms with Crippen molar-refractivity contribution in [2.75, 3.05) is 18.8 Å². The predicted molar refractivity (Wildman–Crippen MR) is 81.8 cm³/mol. The van der Waals surface area contributed by atoms with Gasteiger partial charge < -0.3 is 15.7 Å². The Labute approximate surface area is 123 Å². The number of nitrogen functional groups attached to an aromatic ring is 1. The number of rotatable bonds is 1. The third-order valence-corrected chi connectivity index (χ3v) is 4.11. The SMILES string of the molecule is CC1CN(C(=O)c2cc(N)c3ccccc3n2)CCC1O. The van der Waals surface area contributed by atoms with E-state index >= 15 is 0 Å². The molecular formula is C16H19N3O2. The van der Waals surface area contributed by atoms with Crippen LogP contribution < -0.4 is 5.73 Å². The molecule has 5 nitrogen and oxygen atoms in total. The van der Waals surface area contributed by atoms with Gasteiger partial charge in [-0.05, 0) is 24.5 Å². The first-order chi connectivity index (χ1) is 10.1. The second-order valence-electron chi connectivity index (χ2n) is 5.70. The van der Waals surface area contributed by atoms with Crippen molar-refractivity contribution < 1.29 is 9.90 Å². The molecule has 0 bridgehead atoms. The lowest BCUT2D eigenvalue weighted by Gasteiger charge is -2.34. The van der Waals surface area contributed by atoms with E-state index in [4.69, 9.17) is 5.73 Å². The summed E-state index contributed by atoms with van der Waals surface area (Å²) in [6.45, 7) is 3.06. The fraction of sp³-hybridized carbons (Fsp3) is 0.375.